The number of nitrogens with two attached hydrogens (primary N) is 1. The number of hydrogen-bond acceptors (Lipinski definition) is 9. The third-order valence-corrected chi connectivity index (χ3v) is 5.14. The molecule has 5 N–H and O–H groups in total. The van der Waals surface area contributed by atoms with Gasteiger partial charge in [0.25, 0.3) is 11.5 Å². The second kappa shape index (κ2) is 8.27. The van der Waals surface area contributed by atoms with Crippen LogP contribution in [-0.2, 0) is 0 Å². The zero-order chi connectivity index (χ0) is 20.3. The van der Waals surface area contributed by atoms with Gasteiger partial charge in [0.2, 0.25) is 0 Å². The van der Waals surface area contributed by atoms with Crippen molar-refractivity contribution in [2.24, 2.45) is 10.7 Å². The van der Waals surface area contributed by atoms with Crippen LogP contribution in [0.3, 0.4) is 0 Å². The molecule has 0 saturated carbocycles. The second-order valence-corrected chi connectivity index (χ2v) is 7.86. The minimum atomic E-state index is -0.337. The monoisotopic (exact) mass is 418 g/mol. The van der Waals surface area contributed by atoms with Crippen LogP contribution in [0.15, 0.2) is 28.5 Å². The van der Waals surface area contributed by atoms with Gasteiger partial charge in [-0.3, -0.25) is 19.0 Å². The Morgan fingerprint density at radius 1 is 1.32 bits per heavy atom. The van der Waals surface area contributed by atoms with E-state index >= 15 is 0 Å². The maximum Gasteiger partial charge on any atom is 0.271 e. The highest BCUT2D eigenvalue weighted by atomic mass is 32.1. The van der Waals surface area contributed by atoms with Crippen LogP contribution < -0.4 is 21.9 Å². The lowest BCUT2D eigenvalue weighted by Crippen LogP contribution is -2.23. The lowest BCUT2D eigenvalue weighted by molar-refractivity contribution is 0.103. The number of anilines is 3. The van der Waals surface area contributed by atoms with Crippen molar-refractivity contribution in [2.45, 2.75) is 26.8 Å². The number of carbonyl (C=O) groups excluding carboxylic acids is 1. The molecule has 3 aromatic heterocycles. The Labute approximate surface area is 168 Å². The summed E-state index contributed by atoms with van der Waals surface area (Å²) in [5, 5.41) is 6.67. The van der Waals surface area contributed by atoms with Crippen LogP contribution >= 0.6 is 22.9 Å². The number of nitrogens with zero attached hydrogens (tertiary/aromatic N) is 4. The standard InChI is InChI=1S/C16H18N8O2S2/c1-7(2)21-11(17)10-14(26)24-28-15(10)23-16-19-5-9(27-16)13(25)22-12-8(3)4-18-6-20-12/h4-7H,1-3H3,(H2,17,21)(H,19,23)(H,24,26)(H,18,20,22,25). The van der Waals surface area contributed by atoms with Crippen molar-refractivity contribution in [3.63, 3.8) is 0 Å². The van der Waals surface area contributed by atoms with E-state index in [4.69, 9.17) is 5.73 Å². The Balaban J connectivity index is 1.78. The molecule has 3 heterocycles. The number of aryl methyl sites for hydroxylation is 1. The second-order valence-electron chi connectivity index (χ2n) is 6.01. The highest BCUT2D eigenvalue weighted by molar-refractivity contribution is 7.18. The van der Waals surface area contributed by atoms with Crippen LogP contribution in [0, 0.1) is 6.92 Å². The van der Waals surface area contributed by atoms with Crippen molar-refractivity contribution in [1.29, 1.82) is 0 Å². The molecular weight excluding hydrogens is 400 g/mol. The quantitative estimate of drug-likeness (QED) is 0.353. The van der Waals surface area contributed by atoms with Crippen molar-refractivity contribution in [2.75, 3.05) is 10.6 Å². The normalized spacial score (nSPS) is 11.6. The molecule has 28 heavy (non-hydrogen) atoms. The van der Waals surface area contributed by atoms with Crippen LogP contribution in [0.25, 0.3) is 0 Å². The molecule has 1 amide bonds. The molecule has 0 atom stereocenters. The molecule has 0 aliphatic heterocycles. The number of rotatable bonds is 6. The van der Waals surface area contributed by atoms with E-state index in [1.54, 1.807) is 13.1 Å². The number of aromatic nitrogens is 4. The summed E-state index contributed by atoms with van der Waals surface area (Å²) in [4.78, 5) is 41.2. The third kappa shape index (κ3) is 4.40. The van der Waals surface area contributed by atoms with Gasteiger partial charge in [-0.2, -0.15) is 0 Å². The van der Waals surface area contributed by atoms with Gasteiger partial charge in [-0.25, -0.2) is 15.0 Å². The molecule has 12 heteroatoms. The third-order valence-electron chi connectivity index (χ3n) is 3.43. The van der Waals surface area contributed by atoms with Gasteiger partial charge in [0.15, 0.2) is 5.13 Å². The lowest BCUT2D eigenvalue weighted by atomic mass is 10.3. The maximum absolute atomic E-state index is 12.4. The summed E-state index contributed by atoms with van der Waals surface area (Å²) in [6.45, 7) is 5.53. The van der Waals surface area contributed by atoms with E-state index in [1.165, 1.54) is 12.5 Å². The number of H-pyrrole nitrogens is 1. The number of amides is 1. The zero-order valence-electron chi connectivity index (χ0n) is 15.3. The molecule has 0 spiro atoms. The number of amidine groups is 1. The molecular formula is C16H18N8O2S2. The zero-order valence-corrected chi connectivity index (χ0v) is 16.9. The minimum Gasteiger partial charge on any atom is -0.383 e. The topological polar surface area (TPSA) is 151 Å². The number of aliphatic imine (C=N–C) groups is 1. The molecule has 3 aromatic rings. The molecule has 0 bridgehead atoms. The Kier molecular flexibility index (Phi) is 5.80. The average Bonchev–Trinajstić information content (AvgIpc) is 3.23. The molecule has 3 rings (SSSR count). The molecule has 0 unspecified atom stereocenters. The number of carbonyl (C=O) groups is 1. The first-order valence-corrected chi connectivity index (χ1v) is 9.84. The minimum absolute atomic E-state index is 0.0486. The highest BCUT2D eigenvalue weighted by Crippen LogP contribution is 2.26. The van der Waals surface area contributed by atoms with E-state index < -0.39 is 0 Å². The van der Waals surface area contributed by atoms with Crippen molar-refractivity contribution >= 4 is 50.6 Å². The van der Waals surface area contributed by atoms with Crippen molar-refractivity contribution < 1.29 is 4.79 Å². The van der Waals surface area contributed by atoms with E-state index in [9.17, 15) is 9.59 Å². The fraction of sp³-hybridized carbons (Fsp3) is 0.250. The molecule has 0 fully saturated rings. The van der Waals surface area contributed by atoms with Crippen molar-refractivity contribution in [3.8, 4) is 0 Å². The largest absolute Gasteiger partial charge is 0.383 e. The van der Waals surface area contributed by atoms with Crippen LogP contribution in [0.2, 0.25) is 0 Å². The van der Waals surface area contributed by atoms with Gasteiger partial charge < -0.3 is 16.4 Å². The molecule has 10 nitrogen and oxygen atoms in total. The summed E-state index contributed by atoms with van der Waals surface area (Å²) in [7, 11) is 0. The summed E-state index contributed by atoms with van der Waals surface area (Å²) in [5.74, 6) is 0.246. The summed E-state index contributed by atoms with van der Waals surface area (Å²) < 4.78 is 2.63. The van der Waals surface area contributed by atoms with Gasteiger partial charge in [-0.1, -0.05) is 11.3 Å². The smallest absolute Gasteiger partial charge is 0.271 e. The van der Waals surface area contributed by atoms with Gasteiger partial charge in [0.1, 0.15) is 33.4 Å². The first kappa shape index (κ1) is 19.6. The van der Waals surface area contributed by atoms with Crippen LogP contribution in [0.1, 0.15) is 34.6 Å². The first-order chi connectivity index (χ1) is 13.3. The van der Waals surface area contributed by atoms with Gasteiger partial charge in [0, 0.05) is 17.8 Å². The first-order valence-electron chi connectivity index (χ1n) is 8.21. The van der Waals surface area contributed by atoms with Gasteiger partial charge in [-0.05, 0) is 32.3 Å². The fourth-order valence-corrected chi connectivity index (χ4v) is 3.72. The summed E-state index contributed by atoms with van der Waals surface area (Å²) in [6, 6.07) is -0.0486. The van der Waals surface area contributed by atoms with E-state index in [0.29, 0.717) is 20.8 Å². The van der Waals surface area contributed by atoms with Crippen LogP contribution in [0.5, 0.6) is 0 Å². The number of hydrogen-bond donors (Lipinski definition) is 4. The molecule has 0 aromatic carbocycles. The van der Waals surface area contributed by atoms with Gasteiger partial charge >= 0.3 is 0 Å². The Morgan fingerprint density at radius 2 is 2.11 bits per heavy atom. The van der Waals surface area contributed by atoms with E-state index in [-0.39, 0.29) is 28.9 Å². The molecule has 0 radical (unpaired) electrons. The summed E-state index contributed by atoms with van der Waals surface area (Å²) >= 11 is 2.23. The highest BCUT2D eigenvalue weighted by Gasteiger charge is 2.18. The van der Waals surface area contributed by atoms with Crippen molar-refractivity contribution in [3.05, 3.63) is 45.1 Å². The average molecular weight is 419 g/mol. The number of nitrogens with one attached hydrogen (secondary N) is 3. The van der Waals surface area contributed by atoms with Gasteiger partial charge in [-0.15, -0.1) is 0 Å². The molecule has 0 aliphatic carbocycles. The molecule has 146 valence electrons. The van der Waals surface area contributed by atoms with E-state index in [1.807, 2.05) is 13.8 Å². The molecule has 0 aliphatic rings. The SMILES string of the molecule is Cc1cncnc1NC(=O)c1cnc(Nc2s[nH]c(=O)c2C(N)=NC(C)C)s1. The number of thiazole rings is 1. The van der Waals surface area contributed by atoms with Crippen molar-refractivity contribution in [1.82, 2.24) is 19.3 Å². The lowest BCUT2D eigenvalue weighted by Gasteiger charge is -2.05. The van der Waals surface area contributed by atoms with Crippen LogP contribution in [-0.4, -0.2) is 37.1 Å². The summed E-state index contributed by atoms with van der Waals surface area (Å²) in [5.41, 5.74) is 6.63. The van der Waals surface area contributed by atoms with Gasteiger partial charge in [0.05, 0.1) is 6.20 Å². The maximum atomic E-state index is 12.4. The fourth-order valence-electron chi connectivity index (χ4n) is 2.20. The van der Waals surface area contributed by atoms with E-state index in [2.05, 4.69) is 35.0 Å². The Bertz CT molecular complexity index is 1080. The van der Waals surface area contributed by atoms with Crippen LogP contribution in [0.4, 0.5) is 16.0 Å². The molecule has 0 saturated heterocycles. The predicted molar refractivity (Wildman–Crippen MR) is 111 cm³/mol. The summed E-state index contributed by atoms with van der Waals surface area (Å²) in [6.07, 6.45) is 4.42. The number of aromatic amines is 1. The Hall–Kier alpha value is -3.12. The van der Waals surface area contributed by atoms with E-state index in [0.717, 1.165) is 28.4 Å². The Morgan fingerprint density at radius 3 is 2.82 bits per heavy atom. The predicted octanol–water partition coefficient (Wildman–Crippen LogP) is 2.10.